The number of nitrogens with zero attached hydrogens (tertiary/aromatic N) is 1. The molecule has 1 heterocycles. The zero-order valence-electron chi connectivity index (χ0n) is 14.3. The van der Waals surface area contributed by atoms with Crippen LogP contribution in [0, 0.1) is 17.3 Å². The summed E-state index contributed by atoms with van der Waals surface area (Å²) in [5.74, 6) is 1.77. The molecule has 0 saturated carbocycles. The van der Waals surface area contributed by atoms with Gasteiger partial charge in [-0.2, -0.15) is 0 Å². The molecule has 0 N–H and O–H groups in total. The van der Waals surface area contributed by atoms with E-state index in [4.69, 9.17) is 9.73 Å². The molecule has 0 radical (unpaired) electrons. The van der Waals surface area contributed by atoms with Crippen LogP contribution in [0.4, 0.5) is 0 Å². The topological polar surface area (TPSA) is 21.6 Å². The van der Waals surface area contributed by atoms with E-state index in [1.54, 1.807) is 0 Å². The standard InChI is InChI=1S/C19H29NO/c1-13(2)17-16(12-15-10-8-7-9-11-15)20-18(21-17)14(3)19(4,5)6/h7-11,13-14,16-17H,12H2,1-6H3/t14-,16+,17+/m1/s1. The van der Waals surface area contributed by atoms with Crippen LogP contribution in [-0.4, -0.2) is 18.0 Å². The first-order valence-electron chi connectivity index (χ1n) is 8.07. The Kier molecular flexibility index (Phi) is 4.75. The molecule has 21 heavy (non-hydrogen) atoms. The Morgan fingerprint density at radius 1 is 1.10 bits per heavy atom. The van der Waals surface area contributed by atoms with Crippen LogP contribution >= 0.6 is 0 Å². The zero-order valence-corrected chi connectivity index (χ0v) is 14.3. The molecule has 0 aliphatic carbocycles. The molecule has 2 rings (SSSR count). The van der Waals surface area contributed by atoms with Crippen molar-refractivity contribution in [1.29, 1.82) is 0 Å². The lowest BCUT2D eigenvalue weighted by Crippen LogP contribution is -2.32. The van der Waals surface area contributed by atoms with Gasteiger partial charge in [0.2, 0.25) is 0 Å². The average Bonchev–Trinajstić information content (AvgIpc) is 2.82. The Hall–Kier alpha value is -1.31. The van der Waals surface area contributed by atoms with Gasteiger partial charge in [-0.05, 0) is 23.3 Å². The van der Waals surface area contributed by atoms with Crippen LogP contribution in [0.2, 0.25) is 0 Å². The van der Waals surface area contributed by atoms with E-state index >= 15 is 0 Å². The minimum absolute atomic E-state index is 0.183. The van der Waals surface area contributed by atoms with Gasteiger partial charge in [-0.1, -0.05) is 71.9 Å². The first kappa shape index (κ1) is 16.1. The molecule has 0 unspecified atom stereocenters. The van der Waals surface area contributed by atoms with Crippen LogP contribution < -0.4 is 0 Å². The van der Waals surface area contributed by atoms with Crippen molar-refractivity contribution in [2.75, 3.05) is 0 Å². The van der Waals surface area contributed by atoms with Crippen molar-refractivity contribution >= 4 is 5.90 Å². The van der Waals surface area contributed by atoms with Crippen molar-refractivity contribution in [2.45, 2.75) is 60.1 Å². The highest BCUT2D eigenvalue weighted by atomic mass is 16.5. The zero-order chi connectivity index (χ0) is 15.6. The molecule has 2 heteroatoms. The molecule has 2 nitrogen and oxygen atoms in total. The minimum atomic E-state index is 0.183. The number of hydrogen-bond donors (Lipinski definition) is 0. The summed E-state index contributed by atoms with van der Waals surface area (Å²) in [6.45, 7) is 13.4. The first-order chi connectivity index (χ1) is 9.79. The fourth-order valence-electron chi connectivity index (χ4n) is 2.67. The predicted octanol–water partition coefficient (Wildman–Crippen LogP) is 4.73. The normalized spacial score (nSPS) is 23.9. The summed E-state index contributed by atoms with van der Waals surface area (Å²) in [6.07, 6.45) is 1.16. The van der Waals surface area contributed by atoms with Crippen molar-refractivity contribution in [2.24, 2.45) is 22.2 Å². The smallest absolute Gasteiger partial charge is 0.187 e. The van der Waals surface area contributed by atoms with Crippen LogP contribution in [-0.2, 0) is 11.2 Å². The molecule has 1 aromatic carbocycles. The maximum atomic E-state index is 6.25. The van der Waals surface area contributed by atoms with Gasteiger partial charge in [0.25, 0.3) is 0 Å². The van der Waals surface area contributed by atoms with Gasteiger partial charge in [0.05, 0.1) is 6.04 Å². The minimum Gasteiger partial charge on any atom is -0.475 e. The summed E-state index contributed by atoms with van der Waals surface area (Å²) in [7, 11) is 0. The highest BCUT2D eigenvalue weighted by Crippen LogP contribution is 2.33. The molecule has 1 aromatic rings. The lowest BCUT2D eigenvalue weighted by molar-refractivity contribution is 0.124. The van der Waals surface area contributed by atoms with Crippen molar-refractivity contribution in [1.82, 2.24) is 0 Å². The fourth-order valence-corrected chi connectivity index (χ4v) is 2.67. The molecule has 1 aliphatic rings. The highest BCUT2D eigenvalue weighted by Gasteiger charge is 2.38. The Morgan fingerprint density at radius 3 is 2.24 bits per heavy atom. The van der Waals surface area contributed by atoms with Crippen LogP contribution in [0.25, 0.3) is 0 Å². The predicted molar refractivity (Wildman–Crippen MR) is 89.7 cm³/mol. The van der Waals surface area contributed by atoms with Gasteiger partial charge in [0.15, 0.2) is 5.90 Å². The summed E-state index contributed by atoms with van der Waals surface area (Å²) in [6, 6.07) is 10.9. The Balaban J connectivity index is 2.18. The van der Waals surface area contributed by atoms with E-state index in [0.717, 1.165) is 12.3 Å². The molecule has 0 amide bonds. The average molecular weight is 287 g/mol. The van der Waals surface area contributed by atoms with Gasteiger partial charge in [0, 0.05) is 5.92 Å². The van der Waals surface area contributed by atoms with E-state index < -0.39 is 0 Å². The van der Waals surface area contributed by atoms with Crippen molar-refractivity contribution in [3.05, 3.63) is 35.9 Å². The summed E-state index contributed by atoms with van der Waals surface area (Å²) in [5.41, 5.74) is 1.52. The number of hydrogen-bond acceptors (Lipinski definition) is 2. The highest BCUT2D eigenvalue weighted by molar-refractivity contribution is 5.81. The molecular weight excluding hydrogens is 258 g/mol. The van der Waals surface area contributed by atoms with Gasteiger partial charge < -0.3 is 4.74 Å². The SMILES string of the molecule is CC(C)[C@@H]1OC([C@@H](C)C(C)(C)C)=N[C@H]1Cc1ccccc1. The van der Waals surface area contributed by atoms with Crippen molar-refractivity contribution in [3.63, 3.8) is 0 Å². The first-order valence-corrected chi connectivity index (χ1v) is 8.07. The Labute approximate surface area is 129 Å². The number of aliphatic imine (C=N–C) groups is 1. The van der Waals surface area contributed by atoms with Crippen LogP contribution in [0.3, 0.4) is 0 Å². The van der Waals surface area contributed by atoms with E-state index in [0.29, 0.717) is 11.8 Å². The molecular formula is C19H29NO. The molecule has 0 saturated heterocycles. The maximum absolute atomic E-state index is 6.25. The Morgan fingerprint density at radius 2 is 1.71 bits per heavy atom. The Bertz CT molecular complexity index is 484. The second kappa shape index (κ2) is 6.21. The van der Waals surface area contributed by atoms with Crippen molar-refractivity contribution < 1.29 is 4.74 Å². The summed E-state index contributed by atoms with van der Waals surface area (Å²) in [4.78, 5) is 4.95. The second-order valence-electron chi connectivity index (χ2n) is 7.64. The van der Waals surface area contributed by atoms with E-state index in [1.165, 1.54) is 5.56 Å². The van der Waals surface area contributed by atoms with Crippen molar-refractivity contribution in [3.8, 4) is 0 Å². The van der Waals surface area contributed by atoms with Gasteiger partial charge in [-0.15, -0.1) is 0 Å². The van der Waals surface area contributed by atoms with E-state index in [-0.39, 0.29) is 17.6 Å². The molecule has 0 bridgehead atoms. The van der Waals surface area contributed by atoms with Gasteiger partial charge >= 0.3 is 0 Å². The molecule has 3 atom stereocenters. The van der Waals surface area contributed by atoms with Crippen LogP contribution in [0.1, 0.15) is 47.1 Å². The summed E-state index contributed by atoms with van der Waals surface area (Å²) >= 11 is 0. The quantitative estimate of drug-likeness (QED) is 0.784. The van der Waals surface area contributed by atoms with Gasteiger partial charge in [-0.3, -0.25) is 0 Å². The molecule has 116 valence electrons. The second-order valence-corrected chi connectivity index (χ2v) is 7.64. The summed E-state index contributed by atoms with van der Waals surface area (Å²) in [5, 5.41) is 0. The molecule has 0 fully saturated rings. The fraction of sp³-hybridized carbons (Fsp3) is 0.632. The maximum Gasteiger partial charge on any atom is 0.187 e. The van der Waals surface area contributed by atoms with Crippen LogP contribution in [0.5, 0.6) is 0 Å². The number of ether oxygens (including phenoxy) is 1. The molecule has 0 aromatic heterocycles. The number of benzene rings is 1. The third kappa shape index (κ3) is 3.87. The van der Waals surface area contributed by atoms with Crippen LogP contribution in [0.15, 0.2) is 35.3 Å². The lowest BCUT2D eigenvalue weighted by atomic mass is 9.82. The number of rotatable bonds is 4. The molecule has 1 aliphatic heterocycles. The third-order valence-corrected chi connectivity index (χ3v) is 4.54. The van der Waals surface area contributed by atoms with E-state index in [1.807, 2.05) is 0 Å². The van der Waals surface area contributed by atoms with E-state index in [9.17, 15) is 0 Å². The summed E-state index contributed by atoms with van der Waals surface area (Å²) < 4.78 is 6.25. The largest absolute Gasteiger partial charge is 0.475 e. The monoisotopic (exact) mass is 287 g/mol. The lowest BCUT2D eigenvalue weighted by Gasteiger charge is -2.28. The van der Waals surface area contributed by atoms with Gasteiger partial charge in [0.1, 0.15) is 6.10 Å². The van der Waals surface area contributed by atoms with E-state index in [2.05, 4.69) is 71.9 Å². The van der Waals surface area contributed by atoms with Gasteiger partial charge in [-0.25, -0.2) is 4.99 Å². The molecule has 0 spiro atoms. The third-order valence-electron chi connectivity index (χ3n) is 4.54.